The quantitative estimate of drug-likeness (QED) is 0.756. The fourth-order valence-corrected chi connectivity index (χ4v) is 2.51. The standard InChI is InChI=1S/C8H6ClNO2.C8H8ClNO/c9-5-1-2-7-6(3-5)10-8(11)4-12-7;9-6-1-2-8-7(5-6)10-3-4-11-8/h1-3H,4H2,(H,10,11);1-2,5,10H,3-4H2. The molecular formula is C16H14Cl2N2O3. The van der Waals surface area contributed by atoms with E-state index in [0.717, 1.165) is 29.6 Å². The van der Waals surface area contributed by atoms with Gasteiger partial charge in [-0.2, -0.15) is 0 Å². The number of fused-ring (bicyclic) bond motifs is 2. The first-order chi connectivity index (χ1) is 11.1. The summed E-state index contributed by atoms with van der Waals surface area (Å²) < 4.78 is 10.5. The second-order valence-electron chi connectivity index (χ2n) is 4.89. The van der Waals surface area contributed by atoms with E-state index in [4.69, 9.17) is 32.7 Å². The molecule has 0 saturated carbocycles. The van der Waals surface area contributed by atoms with E-state index in [1.54, 1.807) is 18.2 Å². The van der Waals surface area contributed by atoms with Crippen LogP contribution in [0.4, 0.5) is 11.4 Å². The van der Waals surface area contributed by atoms with Crippen LogP contribution in [-0.4, -0.2) is 25.7 Å². The Morgan fingerprint density at radius 3 is 2.30 bits per heavy atom. The molecule has 1 amide bonds. The zero-order valence-corrected chi connectivity index (χ0v) is 13.6. The Kier molecular flexibility index (Phi) is 4.79. The Morgan fingerprint density at radius 1 is 0.913 bits per heavy atom. The van der Waals surface area contributed by atoms with Crippen molar-refractivity contribution in [2.45, 2.75) is 0 Å². The van der Waals surface area contributed by atoms with Crippen molar-refractivity contribution in [2.75, 3.05) is 30.4 Å². The molecule has 7 heteroatoms. The van der Waals surface area contributed by atoms with Crippen LogP contribution in [-0.2, 0) is 4.79 Å². The first-order valence-electron chi connectivity index (χ1n) is 7.00. The van der Waals surface area contributed by atoms with E-state index in [0.29, 0.717) is 16.5 Å². The Bertz CT molecular complexity index is 737. The Morgan fingerprint density at radius 2 is 1.57 bits per heavy atom. The second kappa shape index (κ2) is 6.98. The van der Waals surface area contributed by atoms with Crippen molar-refractivity contribution in [1.82, 2.24) is 0 Å². The summed E-state index contributed by atoms with van der Waals surface area (Å²) in [4.78, 5) is 10.9. The van der Waals surface area contributed by atoms with Crippen molar-refractivity contribution in [3.63, 3.8) is 0 Å². The molecule has 2 N–H and O–H groups in total. The highest BCUT2D eigenvalue weighted by molar-refractivity contribution is 6.31. The molecule has 0 radical (unpaired) electrons. The summed E-state index contributed by atoms with van der Waals surface area (Å²) in [6.07, 6.45) is 0. The van der Waals surface area contributed by atoms with E-state index < -0.39 is 0 Å². The van der Waals surface area contributed by atoms with Crippen LogP contribution >= 0.6 is 23.2 Å². The summed E-state index contributed by atoms with van der Waals surface area (Å²) >= 11 is 11.5. The molecule has 0 aliphatic carbocycles. The van der Waals surface area contributed by atoms with Crippen LogP contribution in [0.25, 0.3) is 0 Å². The van der Waals surface area contributed by atoms with Crippen LogP contribution in [0.3, 0.4) is 0 Å². The number of amides is 1. The van der Waals surface area contributed by atoms with E-state index in [-0.39, 0.29) is 12.5 Å². The van der Waals surface area contributed by atoms with Gasteiger partial charge in [0.15, 0.2) is 6.61 Å². The number of nitrogens with one attached hydrogen (secondary N) is 2. The molecule has 2 aliphatic rings. The number of hydrogen-bond acceptors (Lipinski definition) is 4. The van der Waals surface area contributed by atoms with Gasteiger partial charge in [-0.25, -0.2) is 0 Å². The molecule has 0 unspecified atom stereocenters. The van der Waals surface area contributed by atoms with Crippen molar-refractivity contribution in [3.05, 3.63) is 46.4 Å². The number of hydrogen-bond donors (Lipinski definition) is 2. The van der Waals surface area contributed by atoms with Gasteiger partial charge in [0.25, 0.3) is 5.91 Å². The van der Waals surface area contributed by atoms with Crippen molar-refractivity contribution in [1.29, 1.82) is 0 Å². The van der Waals surface area contributed by atoms with Crippen LogP contribution in [0.2, 0.25) is 10.0 Å². The molecule has 2 aliphatic heterocycles. The lowest BCUT2D eigenvalue weighted by Gasteiger charge is -2.18. The average Bonchev–Trinajstić information content (AvgIpc) is 2.55. The van der Waals surface area contributed by atoms with E-state index in [2.05, 4.69) is 10.6 Å². The molecule has 4 rings (SSSR count). The molecule has 0 bridgehead atoms. The minimum absolute atomic E-state index is 0.0780. The van der Waals surface area contributed by atoms with Gasteiger partial charge >= 0.3 is 0 Å². The highest BCUT2D eigenvalue weighted by atomic mass is 35.5. The lowest BCUT2D eigenvalue weighted by atomic mass is 10.2. The third-order valence-corrected chi connectivity index (χ3v) is 3.66. The number of anilines is 2. The maximum absolute atomic E-state index is 10.9. The fraction of sp³-hybridized carbons (Fsp3) is 0.188. The van der Waals surface area contributed by atoms with Gasteiger partial charge in [0.1, 0.15) is 18.1 Å². The molecule has 120 valence electrons. The Balaban J connectivity index is 0.000000136. The van der Waals surface area contributed by atoms with E-state index in [1.807, 2.05) is 18.2 Å². The Hall–Kier alpha value is -2.11. The van der Waals surface area contributed by atoms with Crippen molar-refractivity contribution < 1.29 is 14.3 Å². The zero-order valence-electron chi connectivity index (χ0n) is 12.1. The largest absolute Gasteiger partial charge is 0.490 e. The first kappa shape index (κ1) is 15.8. The molecule has 5 nitrogen and oxygen atoms in total. The number of halogens is 2. The van der Waals surface area contributed by atoms with Gasteiger partial charge in [0, 0.05) is 16.6 Å². The van der Waals surface area contributed by atoms with Gasteiger partial charge in [-0.15, -0.1) is 0 Å². The van der Waals surface area contributed by atoms with Crippen LogP contribution in [0.1, 0.15) is 0 Å². The number of carbonyl (C=O) groups is 1. The van der Waals surface area contributed by atoms with Crippen LogP contribution in [0.5, 0.6) is 11.5 Å². The SMILES string of the molecule is Clc1ccc2c(c1)NCCO2.O=C1COc2ccc(Cl)cc2N1. The van der Waals surface area contributed by atoms with Crippen molar-refractivity contribution >= 4 is 40.5 Å². The molecule has 0 fully saturated rings. The topological polar surface area (TPSA) is 59.6 Å². The van der Waals surface area contributed by atoms with Gasteiger partial charge in [-0.1, -0.05) is 23.2 Å². The lowest BCUT2D eigenvalue weighted by Crippen LogP contribution is -2.25. The highest BCUT2D eigenvalue weighted by Crippen LogP contribution is 2.30. The number of carbonyl (C=O) groups excluding carboxylic acids is 1. The van der Waals surface area contributed by atoms with Crippen LogP contribution in [0, 0.1) is 0 Å². The maximum atomic E-state index is 10.9. The molecule has 2 heterocycles. The van der Waals surface area contributed by atoms with Crippen molar-refractivity contribution in [3.8, 4) is 11.5 Å². The average molecular weight is 353 g/mol. The number of rotatable bonds is 0. The molecule has 23 heavy (non-hydrogen) atoms. The van der Waals surface area contributed by atoms with Gasteiger partial charge in [-0.05, 0) is 36.4 Å². The zero-order chi connectivity index (χ0) is 16.2. The molecule has 0 spiro atoms. The predicted molar refractivity (Wildman–Crippen MR) is 91.0 cm³/mol. The van der Waals surface area contributed by atoms with Crippen LogP contribution in [0.15, 0.2) is 36.4 Å². The molecular weight excluding hydrogens is 339 g/mol. The van der Waals surface area contributed by atoms with E-state index in [1.165, 1.54) is 0 Å². The minimum atomic E-state index is -0.148. The predicted octanol–water partition coefficient (Wildman–Crippen LogP) is 3.82. The summed E-state index contributed by atoms with van der Waals surface area (Å²) in [6, 6.07) is 10.7. The fourth-order valence-electron chi connectivity index (χ4n) is 2.17. The molecule has 2 aromatic rings. The summed E-state index contributed by atoms with van der Waals surface area (Å²) in [5, 5.41) is 7.17. The molecule has 2 aromatic carbocycles. The third kappa shape index (κ3) is 4.00. The maximum Gasteiger partial charge on any atom is 0.262 e. The van der Waals surface area contributed by atoms with E-state index >= 15 is 0 Å². The lowest BCUT2D eigenvalue weighted by molar-refractivity contribution is -0.118. The van der Waals surface area contributed by atoms with Gasteiger partial charge in [-0.3, -0.25) is 4.79 Å². The highest BCUT2D eigenvalue weighted by Gasteiger charge is 2.15. The first-order valence-corrected chi connectivity index (χ1v) is 7.76. The van der Waals surface area contributed by atoms with Gasteiger partial charge in [0.05, 0.1) is 11.4 Å². The molecule has 0 saturated heterocycles. The minimum Gasteiger partial charge on any atom is -0.490 e. The number of benzene rings is 2. The summed E-state index contributed by atoms with van der Waals surface area (Å²) in [6.45, 7) is 1.66. The van der Waals surface area contributed by atoms with Gasteiger partial charge in [0.2, 0.25) is 0 Å². The Labute approximate surface area is 143 Å². The number of ether oxygens (including phenoxy) is 2. The summed E-state index contributed by atoms with van der Waals surface area (Å²) in [7, 11) is 0. The normalized spacial score (nSPS) is 14.6. The molecule has 0 aromatic heterocycles. The van der Waals surface area contributed by atoms with Crippen molar-refractivity contribution in [2.24, 2.45) is 0 Å². The monoisotopic (exact) mass is 352 g/mol. The molecule has 0 atom stereocenters. The van der Waals surface area contributed by atoms with E-state index in [9.17, 15) is 4.79 Å². The third-order valence-electron chi connectivity index (χ3n) is 3.19. The smallest absolute Gasteiger partial charge is 0.262 e. The van der Waals surface area contributed by atoms with Gasteiger partial charge < -0.3 is 20.1 Å². The summed E-state index contributed by atoms with van der Waals surface area (Å²) in [5.41, 5.74) is 1.63. The second-order valence-corrected chi connectivity index (χ2v) is 5.77. The summed E-state index contributed by atoms with van der Waals surface area (Å²) in [5.74, 6) is 1.41. The van der Waals surface area contributed by atoms with Crippen LogP contribution < -0.4 is 20.1 Å².